The number of rotatable bonds is 9. The van der Waals surface area contributed by atoms with Crippen LogP contribution in [0.4, 0.5) is 0 Å². The first-order valence-electron chi connectivity index (χ1n) is 15.1. The molecule has 214 valence electrons. The van der Waals surface area contributed by atoms with Gasteiger partial charge in [-0.2, -0.15) is 0 Å². The van der Waals surface area contributed by atoms with E-state index in [2.05, 4.69) is 16.0 Å². The molecule has 3 N–H and O–H groups in total. The zero-order valence-electron chi connectivity index (χ0n) is 23.7. The van der Waals surface area contributed by atoms with Crippen molar-refractivity contribution in [1.29, 1.82) is 0 Å². The van der Waals surface area contributed by atoms with E-state index in [1.165, 1.54) is 6.42 Å². The van der Waals surface area contributed by atoms with Gasteiger partial charge in [-0.05, 0) is 48.9 Å². The van der Waals surface area contributed by atoms with Crippen LogP contribution in [0.25, 0.3) is 0 Å². The van der Waals surface area contributed by atoms with Crippen molar-refractivity contribution >= 4 is 17.7 Å². The van der Waals surface area contributed by atoms with E-state index in [1.54, 1.807) is 12.1 Å². The van der Waals surface area contributed by atoms with Gasteiger partial charge in [-0.3, -0.25) is 14.4 Å². The zero-order valence-corrected chi connectivity index (χ0v) is 23.7. The molecule has 3 atom stereocenters. The molecule has 2 fully saturated rings. The van der Waals surface area contributed by atoms with E-state index in [0.29, 0.717) is 18.4 Å². The molecule has 0 aromatic heterocycles. The molecular formula is C35H41N3O3. The average Bonchev–Trinajstić information content (AvgIpc) is 3.02. The summed E-state index contributed by atoms with van der Waals surface area (Å²) in [4.78, 5) is 41.9. The summed E-state index contributed by atoms with van der Waals surface area (Å²) in [5, 5.41) is 9.59. The molecule has 0 heterocycles. The lowest BCUT2D eigenvalue weighted by atomic mass is 9.68. The van der Waals surface area contributed by atoms with Crippen LogP contribution >= 0.6 is 0 Å². The highest BCUT2D eigenvalue weighted by Crippen LogP contribution is 2.41. The molecule has 41 heavy (non-hydrogen) atoms. The Labute approximate surface area is 243 Å². The summed E-state index contributed by atoms with van der Waals surface area (Å²) in [6, 6.07) is 28.2. The van der Waals surface area contributed by atoms with Crippen LogP contribution in [0.15, 0.2) is 91.0 Å². The zero-order chi connectivity index (χ0) is 28.5. The number of hydrogen-bond donors (Lipinski definition) is 3. The fourth-order valence-corrected chi connectivity index (χ4v) is 6.55. The molecule has 6 heteroatoms. The van der Waals surface area contributed by atoms with Gasteiger partial charge in [0, 0.05) is 23.9 Å². The minimum Gasteiger partial charge on any atom is -0.352 e. The SMILES string of the molecule is O=C(N[C@@]1(C(=O)N[C@@H](Cc2ccccc2)C(=O)NC2CCCCC2)CCCCC1c1ccccc1)c1ccccc1. The highest BCUT2D eigenvalue weighted by molar-refractivity contribution is 6.01. The van der Waals surface area contributed by atoms with Crippen molar-refractivity contribution in [2.24, 2.45) is 0 Å². The molecule has 0 spiro atoms. The second-order valence-electron chi connectivity index (χ2n) is 11.6. The van der Waals surface area contributed by atoms with Crippen LogP contribution < -0.4 is 16.0 Å². The van der Waals surface area contributed by atoms with Gasteiger partial charge in [0.05, 0.1) is 0 Å². The van der Waals surface area contributed by atoms with E-state index >= 15 is 0 Å². The van der Waals surface area contributed by atoms with Gasteiger partial charge >= 0.3 is 0 Å². The van der Waals surface area contributed by atoms with Crippen molar-refractivity contribution in [3.63, 3.8) is 0 Å². The first-order valence-corrected chi connectivity index (χ1v) is 15.1. The summed E-state index contributed by atoms with van der Waals surface area (Å²) in [6.45, 7) is 0. The van der Waals surface area contributed by atoms with Gasteiger partial charge in [0.2, 0.25) is 11.8 Å². The molecule has 2 aliphatic rings. The molecule has 0 aliphatic heterocycles. The molecule has 3 aromatic carbocycles. The summed E-state index contributed by atoms with van der Waals surface area (Å²) in [6.07, 6.45) is 8.75. The fraction of sp³-hybridized carbons (Fsp3) is 0.400. The molecule has 5 rings (SSSR count). The Hall–Kier alpha value is -3.93. The number of benzene rings is 3. The van der Waals surface area contributed by atoms with E-state index in [9.17, 15) is 14.4 Å². The van der Waals surface area contributed by atoms with E-state index in [4.69, 9.17) is 0 Å². The Morgan fingerprint density at radius 3 is 2.02 bits per heavy atom. The number of hydrogen-bond acceptors (Lipinski definition) is 3. The molecule has 3 amide bonds. The van der Waals surface area contributed by atoms with Gasteiger partial charge in [0.1, 0.15) is 11.6 Å². The Kier molecular flexibility index (Phi) is 9.50. The van der Waals surface area contributed by atoms with Crippen LogP contribution in [-0.4, -0.2) is 35.3 Å². The highest BCUT2D eigenvalue weighted by atomic mass is 16.2. The van der Waals surface area contributed by atoms with Crippen molar-refractivity contribution < 1.29 is 14.4 Å². The Morgan fingerprint density at radius 1 is 0.732 bits per heavy atom. The van der Waals surface area contributed by atoms with E-state index in [-0.39, 0.29) is 29.7 Å². The predicted molar refractivity (Wildman–Crippen MR) is 161 cm³/mol. The second kappa shape index (κ2) is 13.6. The van der Waals surface area contributed by atoms with Crippen LogP contribution in [0, 0.1) is 0 Å². The third-order valence-corrected chi connectivity index (χ3v) is 8.74. The lowest BCUT2D eigenvalue weighted by molar-refractivity contribution is -0.134. The van der Waals surface area contributed by atoms with Gasteiger partial charge < -0.3 is 16.0 Å². The lowest BCUT2D eigenvalue weighted by Crippen LogP contribution is -2.65. The monoisotopic (exact) mass is 551 g/mol. The second-order valence-corrected chi connectivity index (χ2v) is 11.6. The topological polar surface area (TPSA) is 87.3 Å². The molecule has 3 aromatic rings. The molecule has 0 bridgehead atoms. The summed E-state index contributed by atoms with van der Waals surface area (Å²) < 4.78 is 0. The van der Waals surface area contributed by atoms with Crippen LogP contribution in [0.3, 0.4) is 0 Å². The summed E-state index contributed by atoms with van der Waals surface area (Å²) in [5.74, 6) is -0.959. The maximum absolute atomic E-state index is 14.6. The van der Waals surface area contributed by atoms with E-state index in [1.807, 2.05) is 78.9 Å². The third-order valence-electron chi connectivity index (χ3n) is 8.74. The molecule has 0 radical (unpaired) electrons. The molecule has 0 saturated heterocycles. The van der Waals surface area contributed by atoms with Gasteiger partial charge in [0.25, 0.3) is 5.91 Å². The van der Waals surface area contributed by atoms with Crippen LogP contribution in [0.5, 0.6) is 0 Å². The molecule has 1 unspecified atom stereocenters. The first-order chi connectivity index (χ1) is 20.0. The lowest BCUT2D eigenvalue weighted by Gasteiger charge is -2.44. The van der Waals surface area contributed by atoms with Gasteiger partial charge in [-0.15, -0.1) is 0 Å². The van der Waals surface area contributed by atoms with Crippen molar-refractivity contribution in [2.45, 2.75) is 87.7 Å². The molecule has 2 aliphatic carbocycles. The quantitative estimate of drug-likeness (QED) is 0.319. The van der Waals surface area contributed by atoms with Gasteiger partial charge in [-0.1, -0.05) is 111 Å². The maximum Gasteiger partial charge on any atom is 0.252 e. The van der Waals surface area contributed by atoms with Crippen molar-refractivity contribution in [3.05, 3.63) is 108 Å². The fourth-order valence-electron chi connectivity index (χ4n) is 6.55. The predicted octanol–water partition coefficient (Wildman–Crippen LogP) is 5.69. The number of carbonyl (C=O) groups excluding carboxylic acids is 3. The normalized spacial score (nSPS) is 21.8. The van der Waals surface area contributed by atoms with E-state index in [0.717, 1.165) is 56.1 Å². The summed E-state index contributed by atoms with van der Waals surface area (Å²) in [5.41, 5.74) is 1.31. The Morgan fingerprint density at radius 2 is 1.34 bits per heavy atom. The van der Waals surface area contributed by atoms with E-state index < -0.39 is 11.6 Å². The largest absolute Gasteiger partial charge is 0.352 e. The number of nitrogens with one attached hydrogen (secondary N) is 3. The van der Waals surface area contributed by atoms with Gasteiger partial charge in [0.15, 0.2) is 0 Å². The first kappa shape index (κ1) is 28.6. The molecular weight excluding hydrogens is 510 g/mol. The minimum absolute atomic E-state index is 0.130. The molecule has 6 nitrogen and oxygen atoms in total. The number of carbonyl (C=O) groups is 3. The van der Waals surface area contributed by atoms with Crippen LogP contribution in [0.1, 0.15) is 85.2 Å². The Bertz CT molecular complexity index is 1290. The smallest absolute Gasteiger partial charge is 0.252 e. The summed E-state index contributed by atoms with van der Waals surface area (Å²) in [7, 11) is 0. The maximum atomic E-state index is 14.6. The Balaban J connectivity index is 1.47. The minimum atomic E-state index is -1.19. The van der Waals surface area contributed by atoms with Crippen molar-refractivity contribution in [2.75, 3.05) is 0 Å². The standard InChI is InChI=1S/C35H41N3O3/c39-32(28-19-9-3-10-20-28)38-35(24-14-13-23-30(35)27-17-7-2-8-18-27)34(41)37-31(25-26-15-5-1-6-16-26)33(40)36-29-21-11-4-12-22-29/h1-3,5-10,15-20,29-31H,4,11-14,21-25H2,(H,36,40)(H,37,41)(H,38,39)/t30?,31-,35-/m0/s1. The average molecular weight is 552 g/mol. The van der Waals surface area contributed by atoms with Gasteiger partial charge in [-0.25, -0.2) is 0 Å². The van der Waals surface area contributed by atoms with Crippen molar-refractivity contribution in [3.8, 4) is 0 Å². The summed E-state index contributed by atoms with van der Waals surface area (Å²) >= 11 is 0. The highest BCUT2D eigenvalue weighted by Gasteiger charge is 2.49. The third kappa shape index (κ3) is 7.05. The van der Waals surface area contributed by atoms with Crippen LogP contribution in [-0.2, 0) is 16.0 Å². The molecule has 2 saturated carbocycles. The number of amides is 3. The van der Waals surface area contributed by atoms with Crippen molar-refractivity contribution in [1.82, 2.24) is 16.0 Å². The van der Waals surface area contributed by atoms with Crippen LogP contribution in [0.2, 0.25) is 0 Å².